The lowest BCUT2D eigenvalue weighted by atomic mass is 10.4. The average Bonchev–Trinajstić information content (AvgIpc) is 1.96. The summed E-state index contributed by atoms with van der Waals surface area (Å²) in [5.74, 6) is -1.94. The van der Waals surface area contributed by atoms with Crippen LogP contribution in [0.2, 0.25) is 0 Å². The minimum atomic E-state index is -1.03. The van der Waals surface area contributed by atoms with Crippen molar-refractivity contribution in [3.8, 4) is 0 Å². The lowest BCUT2D eigenvalue weighted by Gasteiger charge is -1.98. The molecule has 0 aliphatic rings. The predicted molar refractivity (Wildman–Crippen MR) is 38.0 cm³/mol. The van der Waals surface area contributed by atoms with Gasteiger partial charge in [0.05, 0.1) is 6.20 Å². The van der Waals surface area contributed by atoms with Crippen LogP contribution < -0.4 is 11.3 Å². The fourth-order valence-corrected chi connectivity index (χ4v) is 0.729. The van der Waals surface area contributed by atoms with E-state index in [2.05, 4.69) is 4.98 Å². The highest BCUT2D eigenvalue weighted by Gasteiger charge is 2.10. The Morgan fingerprint density at radius 1 is 1.75 bits per heavy atom. The lowest BCUT2D eigenvalue weighted by molar-refractivity contribution is 0.0992. The van der Waals surface area contributed by atoms with E-state index < -0.39 is 23.1 Å². The summed E-state index contributed by atoms with van der Waals surface area (Å²) >= 11 is 0. The molecule has 64 valence electrons. The van der Waals surface area contributed by atoms with Gasteiger partial charge in [0.2, 0.25) is 5.95 Å². The van der Waals surface area contributed by atoms with Crippen molar-refractivity contribution in [2.45, 2.75) is 0 Å². The molecule has 0 saturated carbocycles. The summed E-state index contributed by atoms with van der Waals surface area (Å²) in [6.45, 7) is 0. The van der Waals surface area contributed by atoms with Gasteiger partial charge in [-0.1, -0.05) is 0 Å². The summed E-state index contributed by atoms with van der Waals surface area (Å²) in [4.78, 5) is 24.6. The highest BCUT2D eigenvalue weighted by molar-refractivity contribution is 5.90. The molecule has 1 aromatic rings. The van der Waals surface area contributed by atoms with E-state index in [1.54, 1.807) is 0 Å². The van der Waals surface area contributed by atoms with Crippen LogP contribution in [0.1, 0.15) is 10.5 Å². The molecule has 0 radical (unpaired) electrons. The van der Waals surface area contributed by atoms with Gasteiger partial charge in [-0.3, -0.25) is 9.59 Å². The van der Waals surface area contributed by atoms with E-state index >= 15 is 0 Å². The standard InChI is InChI=1S/C6H6FN3O2/c1-10-2-3(7)9-4(5(8)11)6(10)12/h2H,1H3,(H2,8,11). The van der Waals surface area contributed by atoms with Crippen LogP contribution in [0.3, 0.4) is 0 Å². The summed E-state index contributed by atoms with van der Waals surface area (Å²) in [7, 11) is 1.31. The minimum Gasteiger partial charge on any atom is -0.364 e. The molecule has 0 bridgehead atoms. The SMILES string of the molecule is Cn1cc(F)nc(C(N)=O)c1=O. The number of amides is 1. The van der Waals surface area contributed by atoms with E-state index in [1.165, 1.54) is 7.05 Å². The predicted octanol–water partition coefficient (Wildman–Crippen LogP) is -0.982. The van der Waals surface area contributed by atoms with E-state index in [0.717, 1.165) is 10.8 Å². The van der Waals surface area contributed by atoms with Crippen LogP contribution >= 0.6 is 0 Å². The molecule has 1 heterocycles. The van der Waals surface area contributed by atoms with Crippen molar-refractivity contribution >= 4 is 5.91 Å². The molecular formula is C6H6FN3O2. The Morgan fingerprint density at radius 3 is 2.83 bits per heavy atom. The van der Waals surface area contributed by atoms with Gasteiger partial charge in [0.1, 0.15) is 0 Å². The van der Waals surface area contributed by atoms with Gasteiger partial charge in [0.25, 0.3) is 11.5 Å². The van der Waals surface area contributed by atoms with E-state index in [1.807, 2.05) is 0 Å². The number of carbonyl (C=O) groups is 1. The normalized spacial score (nSPS) is 9.83. The summed E-state index contributed by atoms with van der Waals surface area (Å²) in [5.41, 5.74) is 3.48. The zero-order valence-corrected chi connectivity index (χ0v) is 6.24. The number of nitrogens with two attached hydrogens (primary N) is 1. The van der Waals surface area contributed by atoms with Crippen molar-refractivity contribution in [1.29, 1.82) is 0 Å². The molecular weight excluding hydrogens is 165 g/mol. The zero-order chi connectivity index (χ0) is 9.30. The third-order valence-corrected chi connectivity index (χ3v) is 1.28. The number of halogens is 1. The Labute approximate surface area is 66.6 Å². The minimum absolute atomic E-state index is 0.586. The first-order valence-corrected chi connectivity index (χ1v) is 3.05. The van der Waals surface area contributed by atoms with Crippen LogP contribution in [0.5, 0.6) is 0 Å². The number of nitrogens with zero attached hydrogens (tertiary/aromatic N) is 2. The molecule has 1 rings (SSSR count). The van der Waals surface area contributed by atoms with Crippen molar-refractivity contribution in [2.24, 2.45) is 12.8 Å². The average molecular weight is 171 g/mol. The third kappa shape index (κ3) is 1.31. The molecule has 0 aromatic carbocycles. The maximum atomic E-state index is 12.5. The van der Waals surface area contributed by atoms with E-state index in [4.69, 9.17) is 5.73 Å². The molecule has 0 spiro atoms. The quantitative estimate of drug-likeness (QED) is 0.589. The molecule has 0 aliphatic carbocycles. The van der Waals surface area contributed by atoms with Crippen LogP contribution in [0.25, 0.3) is 0 Å². The number of hydrogen-bond acceptors (Lipinski definition) is 3. The molecule has 0 unspecified atom stereocenters. The molecule has 12 heavy (non-hydrogen) atoms. The van der Waals surface area contributed by atoms with Crippen LogP contribution in [-0.2, 0) is 7.05 Å². The van der Waals surface area contributed by atoms with Gasteiger partial charge in [0, 0.05) is 7.05 Å². The van der Waals surface area contributed by atoms with Gasteiger partial charge in [-0.25, -0.2) is 4.98 Å². The third-order valence-electron chi connectivity index (χ3n) is 1.28. The summed E-state index contributed by atoms with van der Waals surface area (Å²) < 4.78 is 13.4. The highest BCUT2D eigenvalue weighted by Crippen LogP contribution is 1.89. The van der Waals surface area contributed by atoms with Gasteiger partial charge >= 0.3 is 0 Å². The number of rotatable bonds is 1. The second-order valence-corrected chi connectivity index (χ2v) is 2.19. The summed E-state index contributed by atoms with van der Waals surface area (Å²) in [5, 5.41) is 0. The van der Waals surface area contributed by atoms with Crippen LogP contribution in [0.15, 0.2) is 11.0 Å². The maximum absolute atomic E-state index is 12.5. The summed E-state index contributed by atoms with van der Waals surface area (Å²) in [6, 6.07) is 0. The van der Waals surface area contributed by atoms with E-state index in [0.29, 0.717) is 0 Å². The lowest BCUT2D eigenvalue weighted by Crippen LogP contribution is -2.30. The number of aromatic nitrogens is 2. The molecule has 5 nitrogen and oxygen atoms in total. The first-order valence-electron chi connectivity index (χ1n) is 3.05. The molecule has 0 fully saturated rings. The zero-order valence-electron chi connectivity index (χ0n) is 6.24. The molecule has 0 aliphatic heterocycles. The number of aryl methyl sites for hydroxylation is 1. The molecule has 6 heteroatoms. The van der Waals surface area contributed by atoms with Gasteiger partial charge in [0.15, 0.2) is 5.69 Å². The van der Waals surface area contributed by atoms with Crippen LogP contribution in [-0.4, -0.2) is 15.5 Å². The fourth-order valence-electron chi connectivity index (χ4n) is 0.729. The number of primary amides is 1. The number of hydrogen-bond donors (Lipinski definition) is 1. The molecule has 0 atom stereocenters. The fraction of sp³-hybridized carbons (Fsp3) is 0.167. The molecule has 1 aromatic heterocycles. The van der Waals surface area contributed by atoms with Gasteiger partial charge in [-0.15, -0.1) is 0 Å². The second-order valence-electron chi connectivity index (χ2n) is 2.19. The van der Waals surface area contributed by atoms with Gasteiger partial charge in [-0.05, 0) is 0 Å². The van der Waals surface area contributed by atoms with Crippen LogP contribution in [0.4, 0.5) is 4.39 Å². The Hall–Kier alpha value is -1.72. The highest BCUT2D eigenvalue weighted by atomic mass is 19.1. The smallest absolute Gasteiger partial charge is 0.282 e. The van der Waals surface area contributed by atoms with Crippen molar-refractivity contribution in [3.05, 3.63) is 28.2 Å². The van der Waals surface area contributed by atoms with E-state index in [9.17, 15) is 14.0 Å². The van der Waals surface area contributed by atoms with Crippen molar-refractivity contribution in [2.75, 3.05) is 0 Å². The van der Waals surface area contributed by atoms with E-state index in [-0.39, 0.29) is 0 Å². The van der Waals surface area contributed by atoms with Crippen LogP contribution in [0, 0.1) is 5.95 Å². The Kier molecular flexibility index (Phi) is 1.90. The first kappa shape index (κ1) is 8.38. The summed E-state index contributed by atoms with van der Waals surface area (Å²) in [6.07, 6.45) is 0.870. The molecule has 0 saturated heterocycles. The van der Waals surface area contributed by atoms with Gasteiger partial charge < -0.3 is 10.3 Å². The number of carbonyl (C=O) groups excluding carboxylic acids is 1. The Balaban J connectivity index is 3.49. The topological polar surface area (TPSA) is 78.0 Å². The molecule has 1 amide bonds. The monoisotopic (exact) mass is 171 g/mol. The van der Waals surface area contributed by atoms with Crippen molar-refractivity contribution in [1.82, 2.24) is 9.55 Å². The largest absolute Gasteiger partial charge is 0.364 e. The van der Waals surface area contributed by atoms with Crippen molar-refractivity contribution in [3.63, 3.8) is 0 Å². The second kappa shape index (κ2) is 2.72. The molecule has 2 N–H and O–H groups in total. The first-order chi connectivity index (χ1) is 5.52. The van der Waals surface area contributed by atoms with Gasteiger partial charge in [-0.2, -0.15) is 4.39 Å². The Morgan fingerprint density at radius 2 is 2.33 bits per heavy atom. The maximum Gasteiger partial charge on any atom is 0.282 e. The Bertz CT molecular complexity index is 385. The van der Waals surface area contributed by atoms with Crippen molar-refractivity contribution < 1.29 is 9.18 Å².